The van der Waals surface area contributed by atoms with Crippen LogP contribution in [-0.2, 0) is 11.2 Å². The van der Waals surface area contributed by atoms with E-state index in [0.717, 1.165) is 11.3 Å². The highest BCUT2D eigenvalue weighted by molar-refractivity contribution is 7.10. The monoisotopic (exact) mass is 228 g/mol. The van der Waals surface area contributed by atoms with Gasteiger partial charge in [0.15, 0.2) is 0 Å². The summed E-state index contributed by atoms with van der Waals surface area (Å²) in [5.41, 5.74) is 0. The van der Waals surface area contributed by atoms with Crippen molar-refractivity contribution in [3.05, 3.63) is 21.3 Å². The predicted octanol–water partition coefficient (Wildman–Crippen LogP) is 3.08. The molecule has 0 fully saturated rings. The number of rotatable bonds is 2. The second kappa shape index (κ2) is 3.67. The van der Waals surface area contributed by atoms with Gasteiger partial charge in [-0.3, -0.25) is 4.79 Å². The third-order valence-corrected chi connectivity index (χ3v) is 2.72. The molecule has 1 aromatic heterocycles. The largest absolute Gasteiger partial charge is 0.450 e. The van der Waals surface area contributed by atoms with Crippen molar-refractivity contribution in [2.45, 2.75) is 12.6 Å². The summed E-state index contributed by atoms with van der Waals surface area (Å²) in [6.45, 7) is 0. The quantitative estimate of drug-likeness (QED) is 0.760. The number of thiophene rings is 1. The highest BCUT2D eigenvalue weighted by atomic mass is 35.5. The van der Waals surface area contributed by atoms with Crippen LogP contribution >= 0.6 is 22.9 Å². The van der Waals surface area contributed by atoms with Gasteiger partial charge in [-0.15, -0.1) is 11.3 Å². The summed E-state index contributed by atoms with van der Waals surface area (Å²) in [5.74, 6) is -1.77. The molecule has 0 amide bonds. The van der Waals surface area contributed by atoms with E-state index in [1.807, 2.05) is 0 Å². The summed E-state index contributed by atoms with van der Waals surface area (Å²) in [6.07, 6.45) is -5.44. The summed E-state index contributed by atoms with van der Waals surface area (Å²) in [6, 6.07) is 1.46. The number of carbonyl (C=O) groups is 1. The Bertz CT molecular complexity index is 318. The summed E-state index contributed by atoms with van der Waals surface area (Å²) in [7, 11) is 0. The Morgan fingerprint density at radius 2 is 2.15 bits per heavy atom. The lowest BCUT2D eigenvalue weighted by Crippen LogP contribution is -2.24. The standard InChI is InChI=1S/C7H4ClF3OS/c8-4-1-2-13-5(4)3-6(12)7(9,10)11/h1-2H,3H2. The van der Waals surface area contributed by atoms with Gasteiger partial charge in [-0.05, 0) is 11.4 Å². The van der Waals surface area contributed by atoms with E-state index < -0.39 is 18.4 Å². The van der Waals surface area contributed by atoms with E-state index in [9.17, 15) is 18.0 Å². The molecular formula is C7H4ClF3OS. The van der Waals surface area contributed by atoms with Crippen LogP contribution in [0, 0.1) is 0 Å². The first-order valence-electron chi connectivity index (χ1n) is 3.23. The smallest absolute Gasteiger partial charge is 0.289 e. The summed E-state index contributed by atoms with van der Waals surface area (Å²) < 4.78 is 35.4. The molecule has 0 unspecified atom stereocenters. The summed E-state index contributed by atoms with van der Waals surface area (Å²) >= 11 is 6.57. The Hall–Kier alpha value is -0.550. The minimum Gasteiger partial charge on any atom is -0.289 e. The second-order valence-electron chi connectivity index (χ2n) is 2.29. The molecule has 1 rings (SSSR count). The first-order chi connectivity index (χ1) is 5.91. The number of Topliss-reactive ketones (excluding diaryl/α,β-unsaturated/α-hetero) is 1. The van der Waals surface area contributed by atoms with E-state index in [2.05, 4.69) is 0 Å². The van der Waals surface area contributed by atoms with Crippen LogP contribution in [0.2, 0.25) is 5.02 Å². The van der Waals surface area contributed by atoms with Gasteiger partial charge in [-0.25, -0.2) is 0 Å². The van der Waals surface area contributed by atoms with Crippen LogP contribution < -0.4 is 0 Å². The molecule has 6 heteroatoms. The van der Waals surface area contributed by atoms with Gasteiger partial charge >= 0.3 is 6.18 Å². The van der Waals surface area contributed by atoms with Gasteiger partial charge in [0.2, 0.25) is 5.78 Å². The van der Waals surface area contributed by atoms with Crippen molar-refractivity contribution in [2.75, 3.05) is 0 Å². The molecule has 13 heavy (non-hydrogen) atoms. The van der Waals surface area contributed by atoms with Crippen LogP contribution in [0.5, 0.6) is 0 Å². The average Bonchev–Trinajstić information content (AvgIpc) is 2.34. The van der Waals surface area contributed by atoms with E-state index in [1.54, 1.807) is 5.38 Å². The molecule has 0 aliphatic carbocycles. The van der Waals surface area contributed by atoms with E-state index in [1.165, 1.54) is 6.07 Å². The fraction of sp³-hybridized carbons (Fsp3) is 0.286. The first-order valence-corrected chi connectivity index (χ1v) is 4.49. The van der Waals surface area contributed by atoms with Gasteiger partial charge < -0.3 is 0 Å². The maximum absolute atomic E-state index is 11.8. The number of carbonyl (C=O) groups excluding carboxylic acids is 1. The number of ketones is 1. The van der Waals surface area contributed by atoms with Crippen LogP contribution in [0.25, 0.3) is 0 Å². The average molecular weight is 229 g/mol. The van der Waals surface area contributed by atoms with Gasteiger partial charge in [-0.2, -0.15) is 13.2 Å². The molecule has 1 heterocycles. The van der Waals surface area contributed by atoms with Gasteiger partial charge in [-0.1, -0.05) is 11.6 Å². The van der Waals surface area contributed by atoms with Crippen LogP contribution in [0.15, 0.2) is 11.4 Å². The zero-order valence-corrected chi connectivity index (χ0v) is 7.76. The van der Waals surface area contributed by atoms with Gasteiger partial charge in [0.25, 0.3) is 0 Å². The van der Waals surface area contributed by atoms with E-state index >= 15 is 0 Å². The van der Waals surface area contributed by atoms with E-state index in [4.69, 9.17) is 11.6 Å². The Kier molecular flexibility index (Phi) is 2.98. The van der Waals surface area contributed by atoms with Gasteiger partial charge in [0.1, 0.15) is 0 Å². The van der Waals surface area contributed by atoms with Crippen molar-refractivity contribution < 1.29 is 18.0 Å². The normalized spacial score (nSPS) is 11.7. The van der Waals surface area contributed by atoms with Crippen molar-refractivity contribution in [3.8, 4) is 0 Å². The van der Waals surface area contributed by atoms with Gasteiger partial charge in [0.05, 0.1) is 11.4 Å². The van der Waals surface area contributed by atoms with Crippen molar-refractivity contribution in [1.29, 1.82) is 0 Å². The molecule has 0 radical (unpaired) electrons. The Morgan fingerprint density at radius 1 is 1.54 bits per heavy atom. The molecule has 1 aromatic rings. The van der Waals surface area contributed by atoms with Crippen LogP contribution in [-0.4, -0.2) is 12.0 Å². The minimum atomic E-state index is -4.77. The fourth-order valence-electron chi connectivity index (χ4n) is 0.697. The fourth-order valence-corrected chi connectivity index (χ4v) is 1.80. The van der Waals surface area contributed by atoms with E-state index in [-0.39, 0.29) is 9.90 Å². The lowest BCUT2D eigenvalue weighted by atomic mass is 10.2. The zero-order chi connectivity index (χ0) is 10.1. The topological polar surface area (TPSA) is 17.1 Å². The SMILES string of the molecule is O=C(Cc1sccc1Cl)C(F)(F)F. The molecule has 0 atom stereocenters. The molecule has 0 bridgehead atoms. The second-order valence-corrected chi connectivity index (χ2v) is 3.70. The lowest BCUT2D eigenvalue weighted by molar-refractivity contribution is -0.170. The molecule has 0 aromatic carbocycles. The molecule has 0 aliphatic heterocycles. The number of hydrogen-bond acceptors (Lipinski definition) is 2. The Balaban J connectivity index is 2.71. The molecule has 0 aliphatic rings. The zero-order valence-electron chi connectivity index (χ0n) is 6.19. The maximum Gasteiger partial charge on any atom is 0.450 e. The van der Waals surface area contributed by atoms with Gasteiger partial charge in [0, 0.05) is 4.88 Å². The summed E-state index contributed by atoms with van der Waals surface area (Å²) in [5, 5.41) is 1.75. The predicted molar refractivity (Wildman–Crippen MR) is 44.1 cm³/mol. The highest BCUT2D eigenvalue weighted by Crippen LogP contribution is 2.26. The molecule has 72 valence electrons. The van der Waals surface area contributed by atoms with Crippen molar-refractivity contribution in [2.24, 2.45) is 0 Å². The van der Waals surface area contributed by atoms with Crippen LogP contribution in [0.1, 0.15) is 4.88 Å². The Morgan fingerprint density at radius 3 is 2.54 bits per heavy atom. The van der Waals surface area contributed by atoms with Crippen LogP contribution in [0.3, 0.4) is 0 Å². The third-order valence-electron chi connectivity index (χ3n) is 1.33. The minimum absolute atomic E-state index is 0.211. The third kappa shape index (κ3) is 2.70. The molecule has 1 nitrogen and oxygen atoms in total. The molecule has 0 N–H and O–H groups in total. The number of halogens is 4. The molecule has 0 saturated heterocycles. The van der Waals surface area contributed by atoms with Crippen molar-refractivity contribution in [3.63, 3.8) is 0 Å². The molecule has 0 spiro atoms. The number of hydrogen-bond donors (Lipinski definition) is 0. The van der Waals surface area contributed by atoms with Crippen molar-refractivity contribution in [1.82, 2.24) is 0 Å². The van der Waals surface area contributed by atoms with E-state index in [0.29, 0.717) is 0 Å². The summed E-state index contributed by atoms with van der Waals surface area (Å²) in [4.78, 5) is 10.8. The first kappa shape index (κ1) is 10.5. The molecule has 0 saturated carbocycles. The molecular weight excluding hydrogens is 225 g/mol. The van der Waals surface area contributed by atoms with Crippen LogP contribution in [0.4, 0.5) is 13.2 Å². The Labute approximate surface area is 81.1 Å². The maximum atomic E-state index is 11.8. The van der Waals surface area contributed by atoms with Crippen molar-refractivity contribution >= 4 is 28.7 Å². The lowest BCUT2D eigenvalue weighted by Gasteiger charge is -2.03. The number of alkyl halides is 3. The highest BCUT2D eigenvalue weighted by Gasteiger charge is 2.38.